The van der Waals surface area contributed by atoms with Gasteiger partial charge in [0, 0.05) is 36.4 Å². The van der Waals surface area contributed by atoms with Crippen LogP contribution in [0.25, 0.3) is 10.9 Å². The van der Waals surface area contributed by atoms with Gasteiger partial charge in [0.2, 0.25) is 0 Å². The number of rotatable bonds is 12. The van der Waals surface area contributed by atoms with Gasteiger partial charge in [-0.1, -0.05) is 48.5 Å². The van der Waals surface area contributed by atoms with Gasteiger partial charge in [-0.05, 0) is 79.9 Å². The van der Waals surface area contributed by atoms with Gasteiger partial charge in [-0.25, -0.2) is 0 Å². The number of para-hydroxylation sites is 2. The number of fused-ring (bicyclic) bond motifs is 1. The molecule has 0 fully saturated rings. The number of carbonyl (C=O) groups excluding carboxylic acids is 2. The maximum Gasteiger partial charge on any atom is 0.257 e. The summed E-state index contributed by atoms with van der Waals surface area (Å²) in [7, 11) is 3.29. The third-order valence-corrected chi connectivity index (χ3v) is 7.74. The monoisotopic (exact) mass is 602 g/mol. The van der Waals surface area contributed by atoms with Gasteiger partial charge in [-0.15, -0.1) is 0 Å². The lowest BCUT2D eigenvalue weighted by molar-refractivity contribution is 0.102. The highest BCUT2D eigenvalue weighted by Gasteiger charge is 2.16. The van der Waals surface area contributed by atoms with E-state index in [9.17, 15) is 9.59 Å². The molecule has 0 saturated heterocycles. The van der Waals surface area contributed by atoms with Crippen molar-refractivity contribution >= 4 is 34.1 Å². The summed E-state index contributed by atoms with van der Waals surface area (Å²) in [5, 5.41) is 6.71. The van der Waals surface area contributed by atoms with Crippen LogP contribution < -0.4 is 20.1 Å². The maximum atomic E-state index is 13.3. The summed E-state index contributed by atoms with van der Waals surface area (Å²) in [6.07, 6.45) is 2.40. The summed E-state index contributed by atoms with van der Waals surface area (Å²) >= 11 is 0. The number of anilines is 2. The molecule has 0 unspecified atom stereocenters. The molecule has 0 saturated carbocycles. The summed E-state index contributed by atoms with van der Waals surface area (Å²) in [6, 6.07) is 30.6. The van der Waals surface area contributed by atoms with Crippen molar-refractivity contribution in [2.24, 2.45) is 0 Å². The van der Waals surface area contributed by atoms with Gasteiger partial charge in [0.15, 0.2) is 11.5 Å². The first-order valence-corrected chi connectivity index (χ1v) is 14.9. The van der Waals surface area contributed by atoms with Gasteiger partial charge >= 0.3 is 0 Å². The number of aromatic nitrogens is 1. The van der Waals surface area contributed by atoms with Crippen LogP contribution in [0.15, 0.2) is 103 Å². The summed E-state index contributed by atoms with van der Waals surface area (Å²) in [4.78, 5) is 33.1. The minimum absolute atomic E-state index is 0.309. The molecule has 5 rings (SSSR count). The number of hydrogen-bond acceptors (Lipinski definition) is 6. The van der Waals surface area contributed by atoms with Crippen LogP contribution in [0, 0.1) is 0 Å². The van der Waals surface area contributed by atoms with E-state index in [-0.39, 0.29) is 11.8 Å². The Hall–Kier alpha value is -5.21. The molecule has 5 aromatic rings. The first-order valence-electron chi connectivity index (χ1n) is 14.9. The molecule has 0 atom stereocenters. The highest BCUT2D eigenvalue weighted by Crippen LogP contribution is 2.28. The van der Waals surface area contributed by atoms with E-state index >= 15 is 0 Å². The highest BCUT2D eigenvalue weighted by atomic mass is 16.5. The van der Waals surface area contributed by atoms with Crippen LogP contribution in [0.4, 0.5) is 11.4 Å². The molecule has 0 aliphatic rings. The lowest BCUT2D eigenvalue weighted by Gasteiger charge is -2.27. The number of pyridine rings is 1. The Morgan fingerprint density at radius 1 is 0.778 bits per heavy atom. The molecule has 230 valence electrons. The molecular weight excluding hydrogens is 564 g/mol. The topological polar surface area (TPSA) is 92.8 Å². The largest absolute Gasteiger partial charge is 0.493 e. The smallest absolute Gasteiger partial charge is 0.257 e. The second-order valence-electron chi connectivity index (χ2n) is 11.1. The number of benzene rings is 4. The maximum absolute atomic E-state index is 13.3. The summed E-state index contributed by atoms with van der Waals surface area (Å²) in [5.41, 5.74) is 5.02. The zero-order valence-electron chi connectivity index (χ0n) is 26.0. The lowest BCUT2D eigenvalue weighted by Crippen LogP contribution is -2.32. The molecule has 4 aromatic carbocycles. The first-order chi connectivity index (χ1) is 21.8. The van der Waals surface area contributed by atoms with Crippen molar-refractivity contribution < 1.29 is 19.1 Å². The standard InChI is InChI=1S/C37H38N4O4/c1-25(2)41(24-27-15-18-34(44-3)35(21-27)45-4)20-19-26-13-16-30(17-14-26)39-37(43)31-10-6-8-12-33(31)40-36(42)29-22-28-9-5-7-11-32(28)38-23-29/h5-18,21-23,25H,19-20,24H2,1-4H3,(H,39,43)(H,40,42). The Bertz CT molecular complexity index is 1790. The second kappa shape index (κ2) is 14.5. The van der Waals surface area contributed by atoms with Crippen LogP contribution in [0.1, 0.15) is 45.7 Å². The van der Waals surface area contributed by atoms with Crippen molar-refractivity contribution in [1.82, 2.24) is 9.88 Å². The molecule has 0 bridgehead atoms. The fraction of sp³-hybridized carbons (Fsp3) is 0.216. The number of nitrogens with one attached hydrogen (secondary N) is 2. The first kappa shape index (κ1) is 31.2. The van der Waals surface area contributed by atoms with Crippen molar-refractivity contribution in [3.05, 3.63) is 126 Å². The number of amides is 2. The molecule has 0 aliphatic carbocycles. The van der Waals surface area contributed by atoms with E-state index in [4.69, 9.17) is 9.47 Å². The van der Waals surface area contributed by atoms with E-state index in [0.29, 0.717) is 28.5 Å². The van der Waals surface area contributed by atoms with Crippen LogP contribution in [-0.2, 0) is 13.0 Å². The third kappa shape index (κ3) is 7.85. The third-order valence-electron chi connectivity index (χ3n) is 7.74. The molecule has 8 nitrogen and oxygen atoms in total. The predicted molar refractivity (Wildman–Crippen MR) is 179 cm³/mol. The zero-order chi connectivity index (χ0) is 31.8. The van der Waals surface area contributed by atoms with E-state index in [1.54, 1.807) is 50.7 Å². The SMILES string of the molecule is COc1ccc(CN(CCc2ccc(NC(=O)c3ccccc3NC(=O)c3cnc4ccccc4c3)cc2)C(C)C)cc1OC. The van der Waals surface area contributed by atoms with Crippen molar-refractivity contribution in [2.45, 2.75) is 32.9 Å². The van der Waals surface area contributed by atoms with Gasteiger partial charge in [0.25, 0.3) is 11.8 Å². The van der Waals surface area contributed by atoms with Gasteiger partial charge in [-0.2, -0.15) is 0 Å². The van der Waals surface area contributed by atoms with Crippen LogP contribution in [-0.4, -0.2) is 48.5 Å². The van der Waals surface area contributed by atoms with Crippen LogP contribution in [0.3, 0.4) is 0 Å². The van der Waals surface area contributed by atoms with E-state index in [0.717, 1.165) is 47.5 Å². The number of ether oxygens (including phenoxy) is 2. The van der Waals surface area contributed by atoms with Crippen molar-refractivity contribution in [1.29, 1.82) is 0 Å². The zero-order valence-corrected chi connectivity index (χ0v) is 26.0. The molecule has 2 N–H and O–H groups in total. The summed E-state index contributed by atoms with van der Waals surface area (Å²) in [5.74, 6) is 0.801. The highest BCUT2D eigenvalue weighted by molar-refractivity contribution is 6.13. The van der Waals surface area contributed by atoms with Crippen molar-refractivity contribution in [3.8, 4) is 11.5 Å². The molecule has 0 spiro atoms. The number of carbonyl (C=O) groups is 2. The Kier molecular flexibility index (Phi) is 10.1. The van der Waals surface area contributed by atoms with Crippen molar-refractivity contribution in [3.63, 3.8) is 0 Å². The molecule has 2 amide bonds. The van der Waals surface area contributed by atoms with Crippen molar-refractivity contribution in [2.75, 3.05) is 31.4 Å². The summed E-state index contributed by atoms with van der Waals surface area (Å²) < 4.78 is 10.8. The Labute approximate surface area is 264 Å². The van der Waals surface area contributed by atoms with Gasteiger partial charge < -0.3 is 20.1 Å². The number of methoxy groups -OCH3 is 2. The molecule has 0 radical (unpaired) electrons. The minimum Gasteiger partial charge on any atom is -0.493 e. The van der Waals surface area contributed by atoms with Crippen LogP contribution in [0.2, 0.25) is 0 Å². The average molecular weight is 603 g/mol. The average Bonchev–Trinajstić information content (AvgIpc) is 3.07. The van der Waals surface area contributed by atoms with Gasteiger partial charge in [0.05, 0.1) is 36.6 Å². The number of nitrogens with zero attached hydrogens (tertiary/aromatic N) is 2. The lowest BCUT2D eigenvalue weighted by atomic mass is 10.1. The van der Waals surface area contributed by atoms with Gasteiger partial charge in [0.1, 0.15) is 0 Å². The Morgan fingerprint density at radius 2 is 1.49 bits per heavy atom. The Morgan fingerprint density at radius 3 is 2.24 bits per heavy atom. The number of hydrogen-bond donors (Lipinski definition) is 2. The molecule has 0 aliphatic heterocycles. The molecule has 45 heavy (non-hydrogen) atoms. The van der Waals surface area contributed by atoms with Crippen LogP contribution >= 0.6 is 0 Å². The molecular formula is C37H38N4O4. The van der Waals surface area contributed by atoms with Gasteiger partial charge in [-0.3, -0.25) is 19.5 Å². The predicted octanol–water partition coefficient (Wildman–Crippen LogP) is 7.21. The molecule has 1 aromatic heterocycles. The van der Waals surface area contributed by atoms with E-state index in [2.05, 4.69) is 40.4 Å². The normalized spacial score (nSPS) is 11.1. The second-order valence-corrected chi connectivity index (χ2v) is 11.1. The fourth-order valence-corrected chi connectivity index (χ4v) is 5.14. The quantitative estimate of drug-likeness (QED) is 0.157. The molecule has 1 heterocycles. The fourth-order valence-electron chi connectivity index (χ4n) is 5.14. The van der Waals surface area contributed by atoms with E-state index in [1.165, 1.54) is 5.56 Å². The Balaban J connectivity index is 1.20. The van der Waals surface area contributed by atoms with E-state index < -0.39 is 0 Å². The van der Waals surface area contributed by atoms with Crippen LogP contribution in [0.5, 0.6) is 11.5 Å². The minimum atomic E-state index is -0.334. The summed E-state index contributed by atoms with van der Waals surface area (Å²) in [6.45, 7) is 6.05. The van der Waals surface area contributed by atoms with E-state index in [1.807, 2.05) is 60.7 Å². The molecule has 8 heteroatoms.